The Labute approximate surface area is 129 Å². The highest BCUT2D eigenvalue weighted by atomic mass is 32.2. The number of para-hydroxylation sites is 1. The summed E-state index contributed by atoms with van der Waals surface area (Å²) < 4.78 is 57.5. The SMILES string of the molecule is CC1CCCN(S(=O)(=O)NCc2ccccc2OC(F)F)C1. The number of hydrogen-bond acceptors (Lipinski definition) is 3. The van der Waals surface area contributed by atoms with Crippen LogP contribution in [0.3, 0.4) is 0 Å². The van der Waals surface area contributed by atoms with Crippen molar-refractivity contribution >= 4 is 10.2 Å². The normalized spacial score (nSPS) is 20.3. The van der Waals surface area contributed by atoms with Crippen LogP contribution in [0.15, 0.2) is 24.3 Å². The van der Waals surface area contributed by atoms with E-state index >= 15 is 0 Å². The van der Waals surface area contributed by atoms with Gasteiger partial charge < -0.3 is 4.74 Å². The van der Waals surface area contributed by atoms with Crippen molar-refractivity contribution in [3.63, 3.8) is 0 Å². The first-order valence-electron chi connectivity index (χ1n) is 7.16. The Bertz CT molecular complexity index is 596. The van der Waals surface area contributed by atoms with Gasteiger partial charge in [-0.3, -0.25) is 0 Å². The van der Waals surface area contributed by atoms with Crippen molar-refractivity contribution in [1.29, 1.82) is 0 Å². The summed E-state index contributed by atoms with van der Waals surface area (Å²) in [6.45, 7) is -0.0659. The average Bonchev–Trinajstić information content (AvgIpc) is 2.46. The third-order valence-corrected chi connectivity index (χ3v) is 5.11. The van der Waals surface area contributed by atoms with E-state index < -0.39 is 16.8 Å². The van der Waals surface area contributed by atoms with Gasteiger partial charge in [-0.2, -0.15) is 26.2 Å². The number of nitrogens with zero attached hydrogens (tertiary/aromatic N) is 1. The molecule has 8 heteroatoms. The molecular weight excluding hydrogens is 314 g/mol. The van der Waals surface area contributed by atoms with Gasteiger partial charge in [-0.25, -0.2) is 0 Å². The van der Waals surface area contributed by atoms with Gasteiger partial charge in [0, 0.05) is 25.2 Å². The Morgan fingerprint density at radius 1 is 1.41 bits per heavy atom. The number of nitrogens with one attached hydrogen (secondary N) is 1. The van der Waals surface area contributed by atoms with E-state index in [2.05, 4.69) is 9.46 Å². The maximum Gasteiger partial charge on any atom is 0.387 e. The van der Waals surface area contributed by atoms with Gasteiger partial charge in [0.15, 0.2) is 0 Å². The number of alkyl halides is 2. The third kappa shape index (κ3) is 4.62. The van der Waals surface area contributed by atoms with Crippen LogP contribution in [0.25, 0.3) is 0 Å². The quantitative estimate of drug-likeness (QED) is 0.869. The number of ether oxygens (including phenoxy) is 1. The van der Waals surface area contributed by atoms with Crippen molar-refractivity contribution in [2.45, 2.75) is 32.9 Å². The van der Waals surface area contributed by atoms with Gasteiger partial charge in [0.25, 0.3) is 10.2 Å². The van der Waals surface area contributed by atoms with E-state index in [0.29, 0.717) is 24.6 Å². The fourth-order valence-electron chi connectivity index (χ4n) is 2.49. The molecule has 1 heterocycles. The molecule has 0 spiro atoms. The zero-order chi connectivity index (χ0) is 16.2. The van der Waals surface area contributed by atoms with E-state index in [-0.39, 0.29) is 12.3 Å². The number of halogens is 2. The monoisotopic (exact) mass is 334 g/mol. The minimum Gasteiger partial charge on any atom is -0.434 e. The molecule has 0 amide bonds. The van der Waals surface area contributed by atoms with Crippen molar-refractivity contribution in [1.82, 2.24) is 9.03 Å². The van der Waals surface area contributed by atoms with Crippen LogP contribution in [0.2, 0.25) is 0 Å². The van der Waals surface area contributed by atoms with Crippen LogP contribution in [0.5, 0.6) is 5.75 Å². The predicted octanol–water partition coefficient (Wildman–Crippen LogP) is 2.35. The van der Waals surface area contributed by atoms with Crippen LogP contribution in [0, 0.1) is 5.92 Å². The van der Waals surface area contributed by atoms with E-state index in [1.165, 1.54) is 10.4 Å². The average molecular weight is 334 g/mol. The molecule has 1 saturated heterocycles. The minimum atomic E-state index is -3.62. The Morgan fingerprint density at radius 3 is 2.82 bits per heavy atom. The van der Waals surface area contributed by atoms with E-state index in [0.717, 1.165) is 12.8 Å². The minimum absolute atomic E-state index is 0.0211. The van der Waals surface area contributed by atoms with Gasteiger partial charge in [-0.1, -0.05) is 25.1 Å². The lowest BCUT2D eigenvalue weighted by Gasteiger charge is -2.30. The lowest BCUT2D eigenvalue weighted by molar-refractivity contribution is -0.0504. The summed E-state index contributed by atoms with van der Waals surface area (Å²) in [5.74, 6) is 0.298. The summed E-state index contributed by atoms with van der Waals surface area (Å²) in [5.41, 5.74) is 0.372. The van der Waals surface area contributed by atoms with Gasteiger partial charge in [0.05, 0.1) is 0 Å². The van der Waals surface area contributed by atoms with E-state index in [9.17, 15) is 17.2 Å². The van der Waals surface area contributed by atoms with Crippen LogP contribution >= 0.6 is 0 Å². The van der Waals surface area contributed by atoms with Crippen LogP contribution in [-0.2, 0) is 16.8 Å². The Hall–Kier alpha value is -1.25. The van der Waals surface area contributed by atoms with Crippen LogP contribution in [-0.4, -0.2) is 32.4 Å². The second-order valence-electron chi connectivity index (χ2n) is 5.42. The molecule has 1 unspecified atom stereocenters. The molecule has 22 heavy (non-hydrogen) atoms. The second-order valence-corrected chi connectivity index (χ2v) is 7.17. The number of piperidine rings is 1. The highest BCUT2D eigenvalue weighted by Gasteiger charge is 2.26. The summed E-state index contributed by atoms with van der Waals surface area (Å²) in [5, 5.41) is 0. The van der Waals surface area contributed by atoms with E-state index in [4.69, 9.17) is 0 Å². The molecule has 0 radical (unpaired) electrons. The van der Waals surface area contributed by atoms with E-state index in [1.807, 2.05) is 6.92 Å². The Balaban J connectivity index is 2.03. The number of hydrogen-bond donors (Lipinski definition) is 1. The molecule has 1 aliphatic heterocycles. The molecule has 1 fully saturated rings. The first kappa shape index (κ1) is 17.1. The topological polar surface area (TPSA) is 58.6 Å². The maximum absolute atomic E-state index is 12.3. The largest absolute Gasteiger partial charge is 0.434 e. The lowest BCUT2D eigenvalue weighted by Crippen LogP contribution is -2.45. The molecular formula is C14H20F2N2O3S. The summed E-state index contributed by atoms with van der Waals surface area (Å²) >= 11 is 0. The van der Waals surface area contributed by atoms with Crippen LogP contribution < -0.4 is 9.46 Å². The summed E-state index contributed by atoms with van der Waals surface area (Å²) in [6.07, 6.45) is 1.84. The number of benzene rings is 1. The van der Waals surface area contributed by atoms with Gasteiger partial charge in [0.2, 0.25) is 0 Å². The van der Waals surface area contributed by atoms with Crippen molar-refractivity contribution in [2.24, 2.45) is 5.92 Å². The molecule has 0 bridgehead atoms. The molecule has 1 aromatic rings. The Morgan fingerprint density at radius 2 is 2.14 bits per heavy atom. The van der Waals surface area contributed by atoms with Crippen LogP contribution in [0.4, 0.5) is 8.78 Å². The molecule has 1 aliphatic rings. The zero-order valence-electron chi connectivity index (χ0n) is 12.3. The second kappa shape index (κ2) is 7.34. The smallest absolute Gasteiger partial charge is 0.387 e. The highest BCUT2D eigenvalue weighted by Crippen LogP contribution is 2.21. The first-order valence-corrected chi connectivity index (χ1v) is 8.60. The molecule has 1 atom stereocenters. The molecule has 1 aromatic carbocycles. The summed E-state index contributed by atoms with van der Waals surface area (Å²) in [4.78, 5) is 0. The van der Waals surface area contributed by atoms with Gasteiger partial charge in [0.1, 0.15) is 5.75 Å². The van der Waals surface area contributed by atoms with Gasteiger partial charge in [-0.15, -0.1) is 0 Å². The highest BCUT2D eigenvalue weighted by molar-refractivity contribution is 7.87. The molecule has 2 rings (SSSR count). The predicted molar refractivity (Wildman–Crippen MR) is 78.8 cm³/mol. The summed E-state index contributed by atoms with van der Waals surface area (Å²) in [7, 11) is -3.62. The van der Waals surface area contributed by atoms with Crippen LogP contribution in [0.1, 0.15) is 25.3 Å². The van der Waals surface area contributed by atoms with Crippen molar-refractivity contribution in [2.75, 3.05) is 13.1 Å². The van der Waals surface area contributed by atoms with Crippen molar-refractivity contribution in [3.8, 4) is 5.75 Å². The van der Waals surface area contributed by atoms with Crippen molar-refractivity contribution in [3.05, 3.63) is 29.8 Å². The van der Waals surface area contributed by atoms with Gasteiger partial charge >= 0.3 is 6.61 Å². The lowest BCUT2D eigenvalue weighted by atomic mass is 10.0. The standard InChI is InChI=1S/C14H20F2N2O3S/c1-11-5-4-8-18(10-11)22(19,20)17-9-12-6-2-3-7-13(12)21-14(15)16/h2-3,6-7,11,14,17H,4-5,8-10H2,1H3. The fourth-order valence-corrected chi connectivity index (χ4v) is 3.83. The number of rotatable bonds is 6. The fraction of sp³-hybridized carbons (Fsp3) is 0.571. The molecule has 5 nitrogen and oxygen atoms in total. The summed E-state index contributed by atoms with van der Waals surface area (Å²) in [6, 6.07) is 6.14. The third-order valence-electron chi connectivity index (χ3n) is 3.59. The molecule has 124 valence electrons. The Kier molecular flexibility index (Phi) is 5.71. The molecule has 0 aliphatic carbocycles. The van der Waals surface area contributed by atoms with Gasteiger partial charge in [-0.05, 0) is 24.8 Å². The van der Waals surface area contributed by atoms with E-state index in [1.54, 1.807) is 18.2 Å². The molecule has 1 N–H and O–H groups in total. The first-order chi connectivity index (χ1) is 10.4. The molecule has 0 saturated carbocycles. The molecule has 0 aromatic heterocycles. The zero-order valence-corrected chi connectivity index (χ0v) is 13.2. The maximum atomic E-state index is 12.3. The van der Waals surface area contributed by atoms with Crippen molar-refractivity contribution < 1.29 is 21.9 Å².